The minimum Gasteiger partial charge on any atom is -0.380 e. The van der Waals surface area contributed by atoms with Gasteiger partial charge in [0.05, 0.1) is 12.6 Å². The molecule has 20 heavy (non-hydrogen) atoms. The SMILES string of the molecule is COC1CCCN(C(=O)c2ccc(C#CCN)cn2)C1. The Kier molecular flexibility index (Phi) is 5.10. The first-order valence-electron chi connectivity index (χ1n) is 6.71. The van der Waals surface area contributed by atoms with E-state index in [4.69, 9.17) is 10.5 Å². The zero-order chi connectivity index (χ0) is 14.4. The highest BCUT2D eigenvalue weighted by atomic mass is 16.5. The Labute approximate surface area is 119 Å². The molecular weight excluding hydrogens is 254 g/mol. The van der Waals surface area contributed by atoms with Gasteiger partial charge in [-0.2, -0.15) is 0 Å². The molecule has 1 aliphatic rings. The first-order valence-corrected chi connectivity index (χ1v) is 6.71. The fraction of sp³-hybridized carbons (Fsp3) is 0.467. The number of amides is 1. The van der Waals surface area contributed by atoms with E-state index < -0.39 is 0 Å². The summed E-state index contributed by atoms with van der Waals surface area (Å²) >= 11 is 0. The van der Waals surface area contributed by atoms with Crippen LogP contribution in [0.4, 0.5) is 0 Å². The number of ether oxygens (including phenoxy) is 1. The van der Waals surface area contributed by atoms with Crippen LogP contribution in [0, 0.1) is 11.8 Å². The van der Waals surface area contributed by atoms with Crippen molar-refractivity contribution in [1.82, 2.24) is 9.88 Å². The molecule has 1 atom stereocenters. The van der Waals surface area contributed by atoms with E-state index in [1.165, 1.54) is 0 Å². The second-order valence-electron chi connectivity index (χ2n) is 4.69. The molecule has 2 rings (SSSR count). The number of carbonyl (C=O) groups is 1. The lowest BCUT2D eigenvalue weighted by Crippen LogP contribution is -2.43. The number of hydrogen-bond donors (Lipinski definition) is 1. The number of hydrogen-bond acceptors (Lipinski definition) is 4. The average molecular weight is 273 g/mol. The highest BCUT2D eigenvalue weighted by Crippen LogP contribution is 2.15. The van der Waals surface area contributed by atoms with Crippen LogP contribution in [0.15, 0.2) is 18.3 Å². The molecule has 1 fully saturated rings. The van der Waals surface area contributed by atoms with Crippen molar-refractivity contribution in [3.8, 4) is 11.8 Å². The number of nitrogens with zero attached hydrogens (tertiary/aromatic N) is 2. The Morgan fingerprint density at radius 1 is 1.60 bits per heavy atom. The lowest BCUT2D eigenvalue weighted by molar-refractivity contribution is 0.0266. The molecule has 2 heterocycles. The molecule has 0 saturated carbocycles. The fourth-order valence-corrected chi connectivity index (χ4v) is 2.22. The van der Waals surface area contributed by atoms with E-state index in [-0.39, 0.29) is 12.0 Å². The van der Waals surface area contributed by atoms with Crippen molar-refractivity contribution in [2.75, 3.05) is 26.7 Å². The molecule has 106 valence electrons. The third-order valence-corrected chi connectivity index (χ3v) is 3.32. The van der Waals surface area contributed by atoms with Gasteiger partial charge in [0, 0.05) is 32.0 Å². The van der Waals surface area contributed by atoms with E-state index in [0.29, 0.717) is 18.8 Å². The van der Waals surface area contributed by atoms with Gasteiger partial charge >= 0.3 is 0 Å². The van der Waals surface area contributed by atoms with Crippen molar-refractivity contribution in [3.63, 3.8) is 0 Å². The van der Waals surface area contributed by atoms with E-state index in [0.717, 1.165) is 24.9 Å². The standard InChI is InChI=1S/C15H19N3O2/c1-20-13-5-3-9-18(11-13)15(19)14-7-6-12(10-17-14)4-2-8-16/h6-7,10,13H,3,5,8-9,11,16H2,1H3. The molecule has 1 saturated heterocycles. The van der Waals surface area contributed by atoms with Gasteiger partial charge in [0.2, 0.25) is 0 Å². The third kappa shape index (κ3) is 3.56. The quantitative estimate of drug-likeness (QED) is 0.803. The van der Waals surface area contributed by atoms with Crippen LogP contribution in [0.1, 0.15) is 28.9 Å². The van der Waals surface area contributed by atoms with Crippen LogP contribution >= 0.6 is 0 Å². The normalized spacial score (nSPS) is 18.3. The molecule has 1 amide bonds. The molecule has 0 bridgehead atoms. The zero-order valence-corrected chi connectivity index (χ0v) is 11.6. The summed E-state index contributed by atoms with van der Waals surface area (Å²) < 4.78 is 5.33. The first-order chi connectivity index (χ1) is 9.74. The average Bonchev–Trinajstić information content (AvgIpc) is 2.52. The molecule has 1 unspecified atom stereocenters. The van der Waals surface area contributed by atoms with Gasteiger partial charge in [0.15, 0.2) is 0 Å². The van der Waals surface area contributed by atoms with Crippen molar-refractivity contribution in [2.45, 2.75) is 18.9 Å². The van der Waals surface area contributed by atoms with Gasteiger partial charge in [-0.3, -0.25) is 4.79 Å². The summed E-state index contributed by atoms with van der Waals surface area (Å²) in [6.45, 7) is 1.70. The highest BCUT2D eigenvalue weighted by Gasteiger charge is 2.24. The first kappa shape index (κ1) is 14.5. The van der Waals surface area contributed by atoms with E-state index in [2.05, 4.69) is 16.8 Å². The topological polar surface area (TPSA) is 68.5 Å². The summed E-state index contributed by atoms with van der Waals surface area (Å²) in [6, 6.07) is 3.50. The molecule has 5 heteroatoms. The molecule has 0 radical (unpaired) electrons. The largest absolute Gasteiger partial charge is 0.380 e. The van der Waals surface area contributed by atoms with Crippen molar-refractivity contribution in [3.05, 3.63) is 29.6 Å². The summed E-state index contributed by atoms with van der Waals surface area (Å²) in [5.41, 5.74) is 6.52. The molecule has 0 aliphatic carbocycles. The maximum Gasteiger partial charge on any atom is 0.272 e. The van der Waals surface area contributed by atoms with Gasteiger partial charge in [-0.1, -0.05) is 11.8 Å². The van der Waals surface area contributed by atoms with Crippen molar-refractivity contribution in [2.24, 2.45) is 5.73 Å². The van der Waals surface area contributed by atoms with Crippen LogP contribution < -0.4 is 5.73 Å². The Morgan fingerprint density at radius 3 is 3.10 bits per heavy atom. The lowest BCUT2D eigenvalue weighted by atomic mass is 10.1. The van der Waals surface area contributed by atoms with Crippen molar-refractivity contribution < 1.29 is 9.53 Å². The highest BCUT2D eigenvalue weighted by molar-refractivity contribution is 5.92. The van der Waals surface area contributed by atoms with Gasteiger partial charge in [-0.15, -0.1) is 0 Å². The molecule has 0 aromatic carbocycles. The van der Waals surface area contributed by atoms with Gasteiger partial charge in [-0.25, -0.2) is 4.98 Å². The summed E-state index contributed by atoms with van der Waals surface area (Å²) in [4.78, 5) is 18.3. The number of likely N-dealkylation sites (tertiary alicyclic amines) is 1. The Balaban J connectivity index is 2.05. The van der Waals surface area contributed by atoms with Crippen LogP contribution in [0.25, 0.3) is 0 Å². The van der Waals surface area contributed by atoms with Crippen molar-refractivity contribution >= 4 is 5.91 Å². The minimum atomic E-state index is -0.0508. The predicted octanol–water partition coefficient (Wildman–Crippen LogP) is 0.643. The van der Waals surface area contributed by atoms with Crippen molar-refractivity contribution in [1.29, 1.82) is 0 Å². The van der Waals surface area contributed by atoms with Crippen LogP contribution in [-0.4, -0.2) is 48.6 Å². The molecule has 1 aromatic rings. The van der Waals surface area contributed by atoms with Crippen LogP contribution in [0.2, 0.25) is 0 Å². The van der Waals surface area contributed by atoms with E-state index in [9.17, 15) is 4.79 Å². The van der Waals surface area contributed by atoms with E-state index in [1.807, 2.05) is 0 Å². The fourth-order valence-electron chi connectivity index (χ4n) is 2.22. The van der Waals surface area contributed by atoms with Gasteiger partial charge in [0.25, 0.3) is 5.91 Å². The third-order valence-electron chi connectivity index (χ3n) is 3.32. The van der Waals surface area contributed by atoms with Gasteiger partial charge in [0.1, 0.15) is 5.69 Å². The summed E-state index contributed by atoms with van der Waals surface area (Å²) in [6.07, 6.45) is 3.70. The molecule has 2 N–H and O–H groups in total. The maximum absolute atomic E-state index is 12.3. The van der Waals surface area contributed by atoms with E-state index >= 15 is 0 Å². The number of rotatable bonds is 2. The minimum absolute atomic E-state index is 0.0508. The Bertz CT molecular complexity index is 516. The van der Waals surface area contributed by atoms with Crippen LogP contribution in [-0.2, 0) is 4.74 Å². The number of aromatic nitrogens is 1. The number of piperidine rings is 1. The summed E-state index contributed by atoms with van der Waals surface area (Å²) in [5.74, 6) is 5.59. The van der Waals surface area contributed by atoms with Crippen LogP contribution in [0.3, 0.4) is 0 Å². The maximum atomic E-state index is 12.3. The van der Waals surface area contributed by atoms with Gasteiger partial charge in [-0.05, 0) is 25.0 Å². The second-order valence-corrected chi connectivity index (χ2v) is 4.69. The van der Waals surface area contributed by atoms with Crippen LogP contribution in [0.5, 0.6) is 0 Å². The predicted molar refractivity (Wildman–Crippen MR) is 76.1 cm³/mol. The molecule has 1 aromatic heterocycles. The molecule has 1 aliphatic heterocycles. The number of nitrogens with two attached hydrogens (primary N) is 1. The monoisotopic (exact) mass is 273 g/mol. The number of methoxy groups -OCH3 is 1. The lowest BCUT2D eigenvalue weighted by Gasteiger charge is -2.31. The smallest absolute Gasteiger partial charge is 0.272 e. The second kappa shape index (κ2) is 7.04. The van der Waals surface area contributed by atoms with E-state index in [1.54, 1.807) is 30.3 Å². The Morgan fingerprint density at radius 2 is 2.45 bits per heavy atom. The number of carbonyl (C=O) groups excluding carboxylic acids is 1. The zero-order valence-electron chi connectivity index (χ0n) is 11.6. The number of pyridine rings is 1. The molecule has 5 nitrogen and oxygen atoms in total. The summed E-state index contributed by atoms with van der Waals surface area (Å²) in [7, 11) is 1.68. The molecule has 0 spiro atoms. The van der Waals surface area contributed by atoms with Gasteiger partial charge < -0.3 is 15.4 Å². The summed E-state index contributed by atoms with van der Waals surface area (Å²) in [5, 5.41) is 0. The molecular formula is C15H19N3O2. The Hall–Kier alpha value is -1.90.